The summed E-state index contributed by atoms with van der Waals surface area (Å²) in [6, 6.07) is 10.1. The zero-order chi connectivity index (χ0) is 19.9. The number of ether oxygens (including phenoxy) is 2. The number of thiophene rings is 1. The standard InChI is InChI=1S/C22H24N2O3S2/c25-22(21-12-23-16-29-21)24(14-20-5-2-8-26-20)13-18-3-1-4-19(11-18)27-9-6-17-7-10-28-15-17/h1,3-4,7,10-12,15-16,20H,2,5-6,8-9,13-14H2/t20-/m0/s1. The minimum absolute atomic E-state index is 0.00628. The first-order valence-corrected chi connectivity index (χ1v) is 11.6. The van der Waals surface area contributed by atoms with Gasteiger partial charge in [0.25, 0.3) is 5.91 Å². The van der Waals surface area contributed by atoms with E-state index in [9.17, 15) is 4.79 Å². The van der Waals surface area contributed by atoms with Crippen molar-refractivity contribution in [2.45, 2.75) is 31.9 Å². The van der Waals surface area contributed by atoms with E-state index >= 15 is 0 Å². The lowest BCUT2D eigenvalue weighted by Gasteiger charge is -2.25. The van der Waals surface area contributed by atoms with Crippen LogP contribution in [0.15, 0.2) is 52.8 Å². The van der Waals surface area contributed by atoms with E-state index in [1.54, 1.807) is 23.0 Å². The summed E-state index contributed by atoms with van der Waals surface area (Å²) < 4.78 is 11.7. The Morgan fingerprint density at radius 1 is 1.31 bits per heavy atom. The molecule has 1 atom stereocenters. The van der Waals surface area contributed by atoms with Crippen LogP contribution in [0.4, 0.5) is 0 Å². The monoisotopic (exact) mass is 428 g/mol. The Labute approximate surface area is 178 Å². The first-order valence-electron chi connectivity index (χ1n) is 9.80. The summed E-state index contributed by atoms with van der Waals surface area (Å²) in [5.74, 6) is 0.840. The Kier molecular flexibility index (Phi) is 6.92. The van der Waals surface area contributed by atoms with E-state index in [1.807, 2.05) is 29.2 Å². The van der Waals surface area contributed by atoms with Gasteiger partial charge >= 0.3 is 0 Å². The van der Waals surface area contributed by atoms with Crippen molar-refractivity contribution in [2.75, 3.05) is 19.8 Å². The van der Waals surface area contributed by atoms with Gasteiger partial charge in [-0.1, -0.05) is 12.1 Å². The van der Waals surface area contributed by atoms with Crippen LogP contribution in [0.1, 0.15) is 33.6 Å². The number of benzene rings is 1. The van der Waals surface area contributed by atoms with Gasteiger partial charge in [0.15, 0.2) is 0 Å². The molecule has 0 spiro atoms. The van der Waals surface area contributed by atoms with Crippen molar-refractivity contribution in [1.29, 1.82) is 0 Å². The number of rotatable bonds is 9. The average molecular weight is 429 g/mol. The van der Waals surface area contributed by atoms with E-state index in [-0.39, 0.29) is 12.0 Å². The third-order valence-corrected chi connectivity index (χ3v) is 6.38. The summed E-state index contributed by atoms with van der Waals surface area (Å²) in [7, 11) is 0. The number of hydrogen-bond acceptors (Lipinski definition) is 6. The minimum atomic E-state index is 0.00628. The molecule has 5 nitrogen and oxygen atoms in total. The molecule has 7 heteroatoms. The molecule has 0 bridgehead atoms. The number of nitrogens with zero attached hydrogens (tertiary/aromatic N) is 2. The third-order valence-electron chi connectivity index (χ3n) is 4.89. The Hall–Kier alpha value is -2.22. The topological polar surface area (TPSA) is 51.7 Å². The van der Waals surface area contributed by atoms with Crippen LogP contribution in [0.25, 0.3) is 0 Å². The van der Waals surface area contributed by atoms with Crippen LogP contribution in [0.5, 0.6) is 5.75 Å². The number of hydrogen-bond donors (Lipinski definition) is 0. The minimum Gasteiger partial charge on any atom is -0.493 e. The fourth-order valence-electron chi connectivity index (χ4n) is 3.41. The van der Waals surface area contributed by atoms with Crippen molar-refractivity contribution in [3.8, 4) is 5.75 Å². The van der Waals surface area contributed by atoms with Crippen molar-refractivity contribution in [1.82, 2.24) is 9.88 Å². The normalized spacial score (nSPS) is 16.1. The van der Waals surface area contributed by atoms with Gasteiger partial charge in [0, 0.05) is 26.1 Å². The summed E-state index contributed by atoms with van der Waals surface area (Å²) in [6.07, 6.45) is 4.69. The first kappa shape index (κ1) is 20.1. The van der Waals surface area contributed by atoms with Crippen LogP contribution in [0.2, 0.25) is 0 Å². The van der Waals surface area contributed by atoms with Crippen LogP contribution >= 0.6 is 22.7 Å². The number of aromatic nitrogens is 1. The molecular weight excluding hydrogens is 404 g/mol. The molecule has 1 aliphatic heterocycles. The lowest BCUT2D eigenvalue weighted by molar-refractivity contribution is 0.0510. The van der Waals surface area contributed by atoms with Crippen LogP contribution in [-0.4, -0.2) is 41.7 Å². The van der Waals surface area contributed by atoms with E-state index in [2.05, 4.69) is 21.8 Å². The average Bonchev–Trinajstić information content (AvgIpc) is 3.50. The fraction of sp³-hybridized carbons (Fsp3) is 0.364. The maximum Gasteiger partial charge on any atom is 0.265 e. The van der Waals surface area contributed by atoms with E-state index in [1.165, 1.54) is 16.9 Å². The molecule has 1 aromatic carbocycles. The molecule has 2 aromatic heterocycles. The quantitative estimate of drug-likeness (QED) is 0.498. The highest BCUT2D eigenvalue weighted by atomic mass is 32.1. The lowest BCUT2D eigenvalue weighted by Crippen LogP contribution is -2.36. The maximum absolute atomic E-state index is 13.0. The summed E-state index contributed by atoms with van der Waals surface area (Å²) in [5, 5.41) is 4.23. The molecule has 0 radical (unpaired) electrons. The van der Waals surface area contributed by atoms with Gasteiger partial charge in [-0.05, 0) is 52.9 Å². The molecule has 0 N–H and O–H groups in total. The zero-order valence-corrected chi connectivity index (χ0v) is 17.8. The van der Waals surface area contributed by atoms with Crippen molar-refractivity contribution in [2.24, 2.45) is 0 Å². The lowest BCUT2D eigenvalue weighted by atomic mass is 10.1. The highest BCUT2D eigenvalue weighted by Gasteiger charge is 2.24. The molecule has 29 heavy (non-hydrogen) atoms. The van der Waals surface area contributed by atoms with Gasteiger partial charge in [0.2, 0.25) is 0 Å². The van der Waals surface area contributed by atoms with Gasteiger partial charge in [0.05, 0.1) is 24.4 Å². The van der Waals surface area contributed by atoms with Gasteiger partial charge in [0.1, 0.15) is 10.6 Å². The van der Waals surface area contributed by atoms with Crippen LogP contribution in [-0.2, 0) is 17.7 Å². The molecule has 3 heterocycles. The Bertz CT molecular complexity index is 891. The van der Waals surface area contributed by atoms with Gasteiger partial charge in [-0.3, -0.25) is 9.78 Å². The van der Waals surface area contributed by atoms with Crippen molar-refractivity contribution in [3.05, 3.63) is 68.8 Å². The molecule has 0 saturated carbocycles. The van der Waals surface area contributed by atoms with Gasteiger partial charge in [-0.15, -0.1) is 11.3 Å². The second-order valence-electron chi connectivity index (χ2n) is 7.06. The molecule has 0 unspecified atom stereocenters. The highest BCUT2D eigenvalue weighted by molar-refractivity contribution is 7.11. The largest absolute Gasteiger partial charge is 0.493 e. The third kappa shape index (κ3) is 5.65. The summed E-state index contributed by atoms with van der Waals surface area (Å²) >= 11 is 3.08. The second kappa shape index (κ2) is 10.0. The SMILES string of the molecule is O=C(c1cncs1)N(Cc1cccc(OCCc2ccsc2)c1)C[C@@H]1CCCO1. The number of amides is 1. The van der Waals surface area contributed by atoms with Gasteiger partial charge in [-0.2, -0.15) is 11.3 Å². The highest BCUT2D eigenvalue weighted by Crippen LogP contribution is 2.21. The van der Waals surface area contributed by atoms with Crippen LogP contribution in [0, 0.1) is 0 Å². The molecule has 152 valence electrons. The molecule has 1 aliphatic rings. The molecule has 1 amide bonds. The smallest absolute Gasteiger partial charge is 0.265 e. The predicted molar refractivity (Wildman–Crippen MR) is 116 cm³/mol. The first-order chi connectivity index (χ1) is 14.3. The maximum atomic E-state index is 13.0. The number of thiazole rings is 1. The molecule has 1 saturated heterocycles. The Balaban J connectivity index is 1.41. The van der Waals surface area contributed by atoms with Gasteiger partial charge < -0.3 is 14.4 Å². The van der Waals surface area contributed by atoms with Crippen LogP contribution < -0.4 is 4.74 Å². The molecule has 0 aliphatic carbocycles. The summed E-state index contributed by atoms with van der Waals surface area (Å²) in [5.41, 5.74) is 4.04. The van der Waals surface area contributed by atoms with E-state index < -0.39 is 0 Å². The zero-order valence-electron chi connectivity index (χ0n) is 16.2. The van der Waals surface area contributed by atoms with Crippen molar-refractivity contribution >= 4 is 28.6 Å². The van der Waals surface area contributed by atoms with E-state index in [0.717, 1.165) is 37.2 Å². The van der Waals surface area contributed by atoms with Crippen LogP contribution in [0.3, 0.4) is 0 Å². The Morgan fingerprint density at radius 3 is 3.03 bits per heavy atom. The second-order valence-corrected chi connectivity index (χ2v) is 8.73. The summed E-state index contributed by atoms with van der Waals surface area (Å²) in [6.45, 7) is 2.54. The van der Waals surface area contributed by atoms with E-state index in [4.69, 9.17) is 9.47 Å². The molecule has 4 rings (SSSR count). The van der Waals surface area contributed by atoms with Crippen molar-refractivity contribution < 1.29 is 14.3 Å². The number of carbonyl (C=O) groups excluding carboxylic acids is 1. The molecule has 1 fully saturated rings. The van der Waals surface area contributed by atoms with E-state index in [0.29, 0.717) is 24.6 Å². The van der Waals surface area contributed by atoms with Crippen molar-refractivity contribution in [3.63, 3.8) is 0 Å². The molecule has 3 aromatic rings. The number of carbonyl (C=O) groups is 1. The predicted octanol–water partition coefficient (Wildman–Crippen LogP) is 4.65. The Morgan fingerprint density at radius 2 is 2.28 bits per heavy atom. The summed E-state index contributed by atoms with van der Waals surface area (Å²) in [4.78, 5) is 19.6. The van der Waals surface area contributed by atoms with Gasteiger partial charge in [-0.25, -0.2) is 0 Å². The molecular formula is C22H24N2O3S2. The fourth-order valence-corrected chi connectivity index (χ4v) is 4.70.